The molecule has 3 aromatic rings. The molecular formula is C23H18ClIN2O4. The first-order valence-corrected chi connectivity index (χ1v) is 11.1. The molecule has 0 spiro atoms. The number of hydrogen-bond donors (Lipinski definition) is 0. The number of carbonyl (C=O) groups excluding carboxylic acids is 3. The minimum absolute atomic E-state index is 0.0766. The molecule has 4 rings (SSSR count). The molecule has 3 amide bonds. The maximum Gasteiger partial charge on any atom is 0.290 e. The zero-order valence-corrected chi connectivity index (χ0v) is 19.2. The summed E-state index contributed by atoms with van der Waals surface area (Å²) < 4.78 is 6.26. The molecule has 1 fully saturated rings. The number of imide groups is 1. The second-order valence-electron chi connectivity index (χ2n) is 7.12. The highest BCUT2D eigenvalue weighted by atomic mass is 127. The van der Waals surface area contributed by atoms with Crippen LogP contribution in [0.3, 0.4) is 0 Å². The summed E-state index contributed by atoms with van der Waals surface area (Å²) in [5.41, 5.74) is 1.43. The molecule has 0 radical (unpaired) electrons. The van der Waals surface area contributed by atoms with Crippen LogP contribution in [-0.4, -0.2) is 35.2 Å². The number of carbonyl (C=O) groups is 3. The quantitative estimate of drug-likeness (QED) is 0.335. The van der Waals surface area contributed by atoms with Gasteiger partial charge in [-0.15, -0.1) is 0 Å². The van der Waals surface area contributed by atoms with Crippen LogP contribution in [0.1, 0.15) is 22.5 Å². The molecule has 1 atom stereocenters. The van der Waals surface area contributed by atoms with E-state index in [-0.39, 0.29) is 24.6 Å². The van der Waals surface area contributed by atoms with Gasteiger partial charge >= 0.3 is 0 Å². The van der Waals surface area contributed by atoms with E-state index in [4.69, 9.17) is 16.0 Å². The first kappa shape index (κ1) is 21.6. The SMILES string of the molecule is O=C1CC(N(CCc2cccc(Cl)c2)C(=O)c2ccco2)C(=O)N1c1ccc(I)cc1. The number of furan rings is 1. The molecule has 1 saturated heterocycles. The lowest BCUT2D eigenvalue weighted by Crippen LogP contribution is -2.46. The number of amides is 3. The molecule has 2 heterocycles. The minimum Gasteiger partial charge on any atom is -0.459 e. The van der Waals surface area contributed by atoms with Gasteiger partial charge in [0.2, 0.25) is 5.91 Å². The van der Waals surface area contributed by atoms with E-state index in [0.29, 0.717) is 17.1 Å². The van der Waals surface area contributed by atoms with Crippen molar-refractivity contribution in [2.75, 3.05) is 11.4 Å². The van der Waals surface area contributed by atoms with E-state index in [1.165, 1.54) is 11.2 Å². The van der Waals surface area contributed by atoms with Crippen LogP contribution < -0.4 is 4.90 Å². The van der Waals surface area contributed by atoms with Crippen molar-refractivity contribution < 1.29 is 18.8 Å². The average molecular weight is 549 g/mol. The number of benzene rings is 2. The largest absolute Gasteiger partial charge is 0.459 e. The lowest BCUT2D eigenvalue weighted by molar-refractivity contribution is -0.122. The first-order chi connectivity index (χ1) is 14.9. The van der Waals surface area contributed by atoms with E-state index in [9.17, 15) is 14.4 Å². The van der Waals surface area contributed by atoms with Gasteiger partial charge < -0.3 is 9.32 Å². The number of nitrogens with zero attached hydrogens (tertiary/aromatic N) is 2. The molecule has 0 saturated carbocycles. The molecule has 158 valence electrons. The summed E-state index contributed by atoms with van der Waals surface area (Å²) in [4.78, 5) is 41.7. The Bertz CT molecular complexity index is 1110. The zero-order valence-electron chi connectivity index (χ0n) is 16.3. The van der Waals surface area contributed by atoms with Crippen LogP contribution in [0.2, 0.25) is 5.02 Å². The Morgan fingerprint density at radius 1 is 1.13 bits per heavy atom. The molecule has 1 aliphatic heterocycles. The highest BCUT2D eigenvalue weighted by molar-refractivity contribution is 14.1. The lowest BCUT2D eigenvalue weighted by Gasteiger charge is -2.27. The van der Waals surface area contributed by atoms with Gasteiger partial charge in [0.25, 0.3) is 11.8 Å². The standard InChI is InChI=1S/C23H18ClIN2O4/c24-16-4-1-3-15(13-16)10-11-26(23(30)20-5-2-12-31-20)19-14-21(28)27(22(19)29)18-8-6-17(25)7-9-18/h1-9,12-13,19H,10-11,14H2. The fraction of sp³-hybridized carbons (Fsp3) is 0.174. The normalized spacial score (nSPS) is 16.1. The van der Waals surface area contributed by atoms with Gasteiger partial charge in [0.15, 0.2) is 5.76 Å². The highest BCUT2D eigenvalue weighted by Gasteiger charge is 2.44. The van der Waals surface area contributed by atoms with Crippen molar-refractivity contribution in [2.45, 2.75) is 18.9 Å². The summed E-state index contributed by atoms with van der Waals surface area (Å²) in [6.07, 6.45) is 1.81. The molecule has 1 aliphatic rings. The summed E-state index contributed by atoms with van der Waals surface area (Å²) in [6, 6.07) is 16.7. The summed E-state index contributed by atoms with van der Waals surface area (Å²) in [5.74, 6) is -1.06. The number of halogens is 2. The molecule has 8 heteroatoms. The zero-order chi connectivity index (χ0) is 22.0. The van der Waals surface area contributed by atoms with E-state index in [0.717, 1.165) is 14.0 Å². The molecule has 6 nitrogen and oxygen atoms in total. The Kier molecular flexibility index (Phi) is 6.43. The molecule has 0 aliphatic carbocycles. The predicted molar refractivity (Wildman–Crippen MR) is 125 cm³/mol. The van der Waals surface area contributed by atoms with Gasteiger partial charge in [-0.1, -0.05) is 23.7 Å². The molecule has 0 bridgehead atoms. The van der Waals surface area contributed by atoms with Crippen LogP contribution in [0.4, 0.5) is 5.69 Å². The molecule has 2 aromatic carbocycles. The van der Waals surface area contributed by atoms with Crippen LogP contribution >= 0.6 is 34.2 Å². The second-order valence-corrected chi connectivity index (χ2v) is 8.80. The van der Waals surface area contributed by atoms with Gasteiger partial charge in [-0.3, -0.25) is 14.4 Å². The van der Waals surface area contributed by atoms with Crippen molar-refractivity contribution in [3.05, 3.63) is 86.8 Å². The topological polar surface area (TPSA) is 70.8 Å². The molecule has 0 N–H and O–H groups in total. The van der Waals surface area contributed by atoms with E-state index < -0.39 is 17.9 Å². The maximum atomic E-state index is 13.2. The third-order valence-corrected chi connectivity index (χ3v) is 6.06. The van der Waals surface area contributed by atoms with Crippen LogP contribution in [-0.2, 0) is 16.0 Å². The first-order valence-electron chi connectivity index (χ1n) is 9.65. The van der Waals surface area contributed by atoms with Gasteiger partial charge in [-0.05, 0) is 83.1 Å². The summed E-state index contributed by atoms with van der Waals surface area (Å²) >= 11 is 8.23. The smallest absolute Gasteiger partial charge is 0.290 e. The van der Waals surface area contributed by atoms with Crippen molar-refractivity contribution in [1.29, 1.82) is 0 Å². The van der Waals surface area contributed by atoms with Crippen LogP contribution in [0, 0.1) is 3.57 Å². The fourth-order valence-corrected chi connectivity index (χ4v) is 4.18. The van der Waals surface area contributed by atoms with Gasteiger partial charge in [0.1, 0.15) is 6.04 Å². The molecule has 1 unspecified atom stereocenters. The summed E-state index contributed by atoms with van der Waals surface area (Å²) in [7, 11) is 0. The number of anilines is 1. The average Bonchev–Trinajstić information content (AvgIpc) is 3.38. The summed E-state index contributed by atoms with van der Waals surface area (Å²) in [5, 5.41) is 0.596. The Labute approximate surface area is 197 Å². The third-order valence-electron chi connectivity index (χ3n) is 5.11. The van der Waals surface area contributed by atoms with Crippen molar-refractivity contribution in [1.82, 2.24) is 4.90 Å². The van der Waals surface area contributed by atoms with E-state index in [1.807, 2.05) is 30.3 Å². The lowest BCUT2D eigenvalue weighted by atomic mass is 10.1. The van der Waals surface area contributed by atoms with Gasteiger partial charge in [0, 0.05) is 15.1 Å². The van der Waals surface area contributed by atoms with Crippen LogP contribution in [0.5, 0.6) is 0 Å². The molecule has 31 heavy (non-hydrogen) atoms. The Morgan fingerprint density at radius 3 is 2.58 bits per heavy atom. The molecular weight excluding hydrogens is 531 g/mol. The van der Waals surface area contributed by atoms with Crippen molar-refractivity contribution >= 4 is 57.6 Å². The third kappa shape index (κ3) is 4.67. The van der Waals surface area contributed by atoms with Gasteiger partial charge in [0.05, 0.1) is 18.4 Å². The fourth-order valence-electron chi connectivity index (χ4n) is 3.60. The van der Waals surface area contributed by atoms with E-state index >= 15 is 0 Å². The monoisotopic (exact) mass is 548 g/mol. The van der Waals surface area contributed by atoms with Crippen molar-refractivity contribution in [3.63, 3.8) is 0 Å². The second kappa shape index (κ2) is 9.23. The number of hydrogen-bond acceptors (Lipinski definition) is 4. The molecule has 1 aromatic heterocycles. The van der Waals surface area contributed by atoms with Crippen LogP contribution in [0.15, 0.2) is 71.3 Å². The van der Waals surface area contributed by atoms with Crippen molar-refractivity contribution in [2.24, 2.45) is 0 Å². The number of rotatable bonds is 6. The Morgan fingerprint density at radius 2 is 1.90 bits per heavy atom. The maximum absolute atomic E-state index is 13.2. The highest BCUT2D eigenvalue weighted by Crippen LogP contribution is 2.27. The van der Waals surface area contributed by atoms with E-state index in [2.05, 4.69) is 22.6 Å². The summed E-state index contributed by atoms with van der Waals surface area (Å²) in [6.45, 7) is 0.240. The van der Waals surface area contributed by atoms with Gasteiger partial charge in [-0.25, -0.2) is 4.90 Å². The minimum atomic E-state index is -0.899. The van der Waals surface area contributed by atoms with Crippen LogP contribution in [0.25, 0.3) is 0 Å². The Hall–Kier alpha value is -2.65. The predicted octanol–water partition coefficient (Wildman–Crippen LogP) is 4.55. The Balaban J connectivity index is 1.61. The van der Waals surface area contributed by atoms with Crippen molar-refractivity contribution in [3.8, 4) is 0 Å². The van der Waals surface area contributed by atoms with Gasteiger partial charge in [-0.2, -0.15) is 0 Å². The van der Waals surface area contributed by atoms with E-state index in [1.54, 1.807) is 30.3 Å².